The lowest BCUT2D eigenvalue weighted by atomic mass is 10.0. The smallest absolute Gasteiger partial charge is 0.331 e. The molecule has 128 valence electrons. The lowest BCUT2D eigenvalue weighted by Crippen LogP contribution is -2.47. The van der Waals surface area contributed by atoms with Crippen molar-refractivity contribution in [1.29, 1.82) is 0 Å². The van der Waals surface area contributed by atoms with Crippen LogP contribution in [0.1, 0.15) is 11.7 Å². The topological polar surface area (TPSA) is 96.9 Å². The molecule has 0 fully saturated rings. The molecule has 0 aliphatic rings. The van der Waals surface area contributed by atoms with Crippen LogP contribution in [0.25, 0.3) is 0 Å². The van der Waals surface area contributed by atoms with E-state index in [0.717, 1.165) is 0 Å². The van der Waals surface area contributed by atoms with E-state index in [0.29, 0.717) is 16.3 Å². The van der Waals surface area contributed by atoms with Gasteiger partial charge < -0.3 is 19.9 Å². The lowest BCUT2D eigenvalue weighted by molar-refractivity contribution is -0.145. The van der Waals surface area contributed by atoms with Crippen LogP contribution in [-0.4, -0.2) is 37.4 Å². The standard InChI is InChI=1S/C16H18N2O5S/c1-22-11-7-5-10(6-8-11)14(19)13(15(20)23-2)18-16(21)17-12-4-3-9-24-12/h3-9,13-14,19H,1-2H3,(H2,17,18,21). The second-order valence-electron chi connectivity index (χ2n) is 4.79. The van der Waals surface area contributed by atoms with Gasteiger partial charge >= 0.3 is 12.0 Å². The summed E-state index contributed by atoms with van der Waals surface area (Å²) >= 11 is 1.34. The summed E-state index contributed by atoms with van der Waals surface area (Å²) in [5.74, 6) is -0.136. The maximum absolute atomic E-state index is 12.0. The second-order valence-corrected chi connectivity index (χ2v) is 5.74. The number of carbonyl (C=O) groups excluding carboxylic acids is 2. The Hall–Kier alpha value is -2.58. The van der Waals surface area contributed by atoms with Gasteiger partial charge in [-0.25, -0.2) is 9.59 Å². The van der Waals surface area contributed by atoms with Gasteiger partial charge in [-0.3, -0.25) is 5.32 Å². The molecule has 2 amide bonds. The summed E-state index contributed by atoms with van der Waals surface area (Å²) < 4.78 is 9.72. The number of urea groups is 1. The Kier molecular flexibility index (Phi) is 6.16. The molecule has 0 aliphatic carbocycles. The minimum atomic E-state index is -1.27. The first-order valence-electron chi connectivity index (χ1n) is 7.06. The molecular formula is C16H18N2O5S. The molecule has 3 N–H and O–H groups in total. The fourth-order valence-corrected chi connectivity index (χ4v) is 2.64. The van der Waals surface area contributed by atoms with Crippen molar-refractivity contribution in [3.8, 4) is 5.75 Å². The number of anilines is 1. The predicted molar refractivity (Wildman–Crippen MR) is 90.2 cm³/mol. The van der Waals surface area contributed by atoms with Gasteiger partial charge in [-0.05, 0) is 35.2 Å². The van der Waals surface area contributed by atoms with E-state index in [-0.39, 0.29) is 0 Å². The summed E-state index contributed by atoms with van der Waals surface area (Å²) in [6.45, 7) is 0. The number of rotatable bonds is 6. The van der Waals surface area contributed by atoms with Crippen LogP contribution < -0.4 is 15.4 Å². The van der Waals surface area contributed by atoms with E-state index in [2.05, 4.69) is 15.4 Å². The Balaban J connectivity index is 2.11. The molecule has 0 saturated heterocycles. The molecule has 1 heterocycles. The molecule has 24 heavy (non-hydrogen) atoms. The first-order valence-corrected chi connectivity index (χ1v) is 7.94. The number of hydrogen-bond acceptors (Lipinski definition) is 6. The number of hydrogen-bond donors (Lipinski definition) is 3. The number of methoxy groups -OCH3 is 2. The van der Waals surface area contributed by atoms with Crippen molar-refractivity contribution in [3.63, 3.8) is 0 Å². The highest BCUT2D eigenvalue weighted by atomic mass is 32.1. The van der Waals surface area contributed by atoms with Crippen molar-refractivity contribution in [1.82, 2.24) is 5.32 Å². The summed E-state index contributed by atoms with van der Waals surface area (Å²) in [7, 11) is 2.72. The average Bonchev–Trinajstić information content (AvgIpc) is 3.11. The van der Waals surface area contributed by atoms with Crippen LogP contribution in [0.5, 0.6) is 5.75 Å². The SMILES string of the molecule is COC(=O)C(NC(=O)Nc1cccs1)C(O)c1ccc(OC)cc1. The van der Waals surface area contributed by atoms with Crippen LogP contribution >= 0.6 is 11.3 Å². The van der Waals surface area contributed by atoms with Crippen LogP contribution in [0.3, 0.4) is 0 Å². The molecule has 2 unspecified atom stereocenters. The first kappa shape index (κ1) is 17.8. The van der Waals surface area contributed by atoms with Crippen molar-refractivity contribution in [2.24, 2.45) is 0 Å². The van der Waals surface area contributed by atoms with Gasteiger partial charge in [0.1, 0.15) is 11.9 Å². The molecule has 2 atom stereocenters. The van der Waals surface area contributed by atoms with Gasteiger partial charge in [0.05, 0.1) is 19.2 Å². The number of carbonyl (C=O) groups is 2. The minimum absolute atomic E-state index is 0.447. The average molecular weight is 350 g/mol. The van der Waals surface area contributed by atoms with Gasteiger partial charge in [0.2, 0.25) is 0 Å². The Bertz CT molecular complexity index is 672. The number of aliphatic hydroxyl groups is 1. The lowest BCUT2D eigenvalue weighted by Gasteiger charge is -2.22. The van der Waals surface area contributed by atoms with Gasteiger partial charge in [0.25, 0.3) is 0 Å². The zero-order chi connectivity index (χ0) is 17.5. The van der Waals surface area contributed by atoms with E-state index in [1.54, 1.807) is 41.8 Å². The summed E-state index contributed by atoms with van der Waals surface area (Å²) in [4.78, 5) is 24.0. The van der Waals surface area contributed by atoms with Gasteiger partial charge in [0.15, 0.2) is 6.04 Å². The molecule has 2 aromatic rings. The van der Waals surface area contributed by atoms with Crippen LogP contribution in [0.4, 0.5) is 9.80 Å². The molecule has 1 aromatic heterocycles. The zero-order valence-electron chi connectivity index (χ0n) is 13.2. The minimum Gasteiger partial charge on any atom is -0.497 e. The molecule has 0 bridgehead atoms. The van der Waals surface area contributed by atoms with Crippen molar-refractivity contribution >= 4 is 28.3 Å². The summed E-state index contributed by atoms with van der Waals surface area (Å²) in [5.41, 5.74) is 0.447. The highest BCUT2D eigenvalue weighted by molar-refractivity contribution is 7.14. The number of aliphatic hydroxyl groups excluding tert-OH is 1. The third-order valence-electron chi connectivity index (χ3n) is 3.27. The highest BCUT2D eigenvalue weighted by Crippen LogP contribution is 2.21. The Morgan fingerprint density at radius 3 is 2.42 bits per heavy atom. The van der Waals surface area contributed by atoms with E-state index in [4.69, 9.17) is 4.74 Å². The van der Waals surface area contributed by atoms with Crippen LogP contribution in [-0.2, 0) is 9.53 Å². The quantitative estimate of drug-likeness (QED) is 0.694. The molecule has 0 aliphatic heterocycles. The van der Waals surface area contributed by atoms with Crippen molar-refractivity contribution in [2.45, 2.75) is 12.1 Å². The van der Waals surface area contributed by atoms with Crippen LogP contribution in [0.15, 0.2) is 41.8 Å². The van der Waals surface area contributed by atoms with E-state index >= 15 is 0 Å². The fraction of sp³-hybridized carbons (Fsp3) is 0.250. The summed E-state index contributed by atoms with van der Waals surface area (Å²) in [6.07, 6.45) is -1.27. The van der Waals surface area contributed by atoms with Crippen molar-refractivity contribution < 1.29 is 24.2 Å². The Morgan fingerprint density at radius 2 is 1.88 bits per heavy atom. The molecule has 2 rings (SSSR count). The molecule has 7 nitrogen and oxygen atoms in total. The number of nitrogens with one attached hydrogen (secondary N) is 2. The monoisotopic (exact) mass is 350 g/mol. The van der Waals surface area contributed by atoms with E-state index in [9.17, 15) is 14.7 Å². The van der Waals surface area contributed by atoms with E-state index < -0.39 is 24.1 Å². The first-order chi connectivity index (χ1) is 11.5. The maximum Gasteiger partial charge on any atom is 0.331 e. The summed E-state index contributed by atoms with van der Waals surface area (Å²) in [6, 6.07) is 8.17. The summed E-state index contributed by atoms with van der Waals surface area (Å²) in [5, 5.41) is 17.9. The van der Waals surface area contributed by atoms with E-state index in [1.807, 2.05) is 0 Å². The number of esters is 1. The largest absolute Gasteiger partial charge is 0.497 e. The molecule has 8 heteroatoms. The van der Waals surface area contributed by atoms with Gasteiger partial charge in [-0.15, -0.1) is 11.3 Å². The molecular weight excluding hydrogens is 332 g/mol. The molecule has 0 saturated carbocycles. The maximum atomic E-state index is 12.0. The number of amides is 2. The molecule has 0 radical (unpaired) electrons. The van der Waals surface area contributed by atoms with Gasteiger partial charge in [-0.1, -0.05) is 12.1 Å². The highest BCUT2D eigenvalue weighted by Gasteiger charge is 2.30. The van der Waals surface area contributed by atoms with Crippen LogP contribution in [0.2, 0.25) is 0 Å². The number of ether oxygens (including phenoxy) is 2. The molecule has 1 aromatic carbocycles. The van der Waals surface area contributed by atoms with Gasteiger partial charge in [-0.2, -0.15) is 0 Å². The zero-order valence-corrected chi connectivity index (χ0v) is 14.0. The Labute approximate surface area is 143 Å². The third kappa shape index (κ3) is 4.46. The van der Waals surface area contributed by atoms with Crippen molar-refractivity contribution in [2.75, 3.05) is 19.5 Å². The fourth-order valence-electron chi connectivity index (χ4n) is 2.03. The van der Waals surface area contributed by atoms with Gasteiger partial charge in [0, 0.05) is 0 Å². The second kappa shape index (κ2) is 8.32. The van der Waals surface area contributed by atoms with Crippen molar-refractivity contribution in [3.05, 3.63) is 47.3 Å². The molecule has 0 spiro atoms. The Morgan fingerprint density at radius 1 is 1.17 bits per heavy atom. The normalized spacial score (nSPS) is 12.8. The number of benzene rings is 1. The number of thiophene rings is 1. The van der Waals surface area contributed by atoms with E-state index in [1.165, 1.54) is 25.6 Å². The third-order valence-corrected chi connectivity index (χ3v) is 4.06. The predicted octanol–water partition coefficient (Wildman–Crippen LogP) is 2.15. The van der Waals surface area contributed by atoms with Crippen LogP contribution in [0, 0.1) is 0 Å².